The van der Waals surface area contributed by atoms with E-state index in [2.05, 4.69) is 41.5 Å². The van der Waals surface area contributed by atoms with Gasteiger partial charge < -0.3 is 33.8 Å². The predicted octanol–water partition coefficient (Wildman–Crippen LogP) is 22.3. The lowest BCUT2D eigenvalue weighted by molar-refractivity contribution is -0.161. The lowest BCUT2D eigenvalue weighted by atomic mass is 10.0. The van der Waals surface area contributed by atoms with Crippen LogP contribution < -0.4 is 0 Å². The van der Waals surface area contributed by atoms with Crippen LogP contribution in [0.25, 0.3) is 0 Å². The number of phosphoric ester groups is 2. The Bertz CT molecular complexity index is 1840. The first-order valence-corrected chi connectivity index (χ1v) is 42.5. The van der Waals surface area contributed by atoms with Crippen molar-refractivity contribution >= 4 is 39.5 Å². The number of ether oxygens (including phenoxy) is 4. The highest BCUT2D eigenvalue weighted by Crippen LogP contribution is 2.45. The van der Waals surface area contributed by atoms with Crippen LogP contribution in [0.3, 0.4) is 0 Å². The van der Waals surface area contributed by atoms with Crippen molar-refractivity contribution in [2.75, 3.05) is 39.6 Å². The molecule has 0 aliphatic heterocycles. The Morgan fingerprint density at radius 3 is 0.716 bits per heavy atom. The molecule has 0 bridgehead atoms. The number of hydrogen-bond donors (Lipinski definition) is 3. The minimum Gasteiger partial charge on any atom is -0.462 e. The van der Waals surface area contributed by atoms with Gasteiger partial charge in [0.25, 0.3) is 0 Å². The maximum absolute atomic E-state index is 13.1. The number of esters is 4. The Kier molecular flexibility index (Phi) is 66.5. The average molecular weight is 1400 g/mol. The molecule has 0 aromatic heterocycles. The van der Waals surface area contributed by atoms with Gasteiger partial charge in [-0.05, 0) is 37.5 Å². The summed E-state index contributed by atoms with van der Waals surface area (Å²) < 4.78 is 68.5. The molecule has 0 heterocycles. The van der Waals surface area contributed by atoms with Gasteiger partial charge in [-0.25, -0.2) is 9.13 Å². The third-order valence-electron chi connectivity index (χ3n) is 17.7. The minimum absolute atomic E-state index is 0.107. The molecule has 0 amide bonds. The van der Waals surface area contributed by atoms with Gasteiger partial charge >= 0.3 is 39.5 Å². The first-order valence-electron chi connectivity index (χ1n) is 39.5. The van der Waals surface area contributed by atoms with Crippen LogP contribution in [0.15, 0.2) is 0 Å². The molecule has 0 radical (unpaired) electrons. The topological polar surface area (TPSA) is 237 Å². The van der Waals surface area contributed by atoms with Crippen LogP contribution in [-0.2, 0) is 65.4 Å². The molecule has 0 saturated carbocycles. The van der Waals surface area contributed by atoms with Crippen LogP contribution in [0, 0.1) is 11.8 Å². The highest BCUT2D eigenvalue weighted by Gasteiger charge is 2.30. The van der Waals surface area contributed by atoms with Crippen LogP contribution in [-0.4, -0.2) is 96.7 Å². The second-order valence-corrected chi connectivity index (χ2v) is 31.3. The molecule has 2 unspecified atom stereocenters. The van der Waals surface area contributed by atoms with Crippen LogP contribution in [0.2, 0.25) is 0 Å². The molecule has 95 heavy (non-hydrogen) atoms. The molecule has 17 nitrogen and oxygen atoms in total. The second kappa shape index (κ2) is 67.9. The lowest BCUT2D eigenvalue weighted by Gasteiger charge is -2.21. The standard InChI is InChI=1S/C76H148O17P2/c1-7-9-11-13-15-17-26-34-40-46-52-58-73(78)86-64-71(92-75(80)60-54-48-42-36-27-18-16-14-12-10-8-2)66-90-94(82,83)88-62-70(77)63-89-95(84,85)91-67-72(65-87-74(79)59-53-47-41-35-30-25-21-23-29-33-39-45-51-57-69(5)6)93-76(81)61-55-49-43-37-31-24-20-19-22-28-32-38-44-50-56-68(3)4/h68-72,77H,7-67H2,1-6H3,(H,82,83)(H,84,85)/t70-,71+,72+/m0/s1. The van der Waals surface area contributed by atoms with Gasteiger partial charge in [0.05, 0.1) is 26.4 Å². The predicted molar refractivity (Wildman–Crippen MR) is 386 cm³/mol. The van der Waals surface area contributed by atoms with Gasteiger partial charge in [-0.1, -0.05) is 343 Å². The first kappa shape index (κ1) is 93.1. The quantitative estimate of drug-likeness (QED) is 0.0222. The largest absolute Gasteiger partial charge is 0.472 e. The van der Waals surface area contributed by atoms with Crippen LogP contribution in [0.5, 0.6) is 0 Å². The molecule has 564 valence electrons. The summed E-state index contributed by atoms with van der Waals surface area (Å²) in [5, 5.41) is 10.6. The molecule has 19 heteroatoms. The number of aliphatic hydroxyl groups excluding tert-OH is 1. The van der Waals surface area contributed by atoms with E-state index in [1.807, 2.05) is 0 Å². The van der Waals surface area contributed by atoms with E-state index in [1.54, 1.807) is 0 Å². The van der Waals surface area contributed by atoms with Gasteiger partial charge in [0.15, 0.2) is 12.2 Å². The van der Waals surface area contributed by atoms with E-state index in [0.29, 0.717) is 25.7 Å². The summed E-state index contributed by atoms with van der Waals surface area (Å²) in [6, 6.07) is 0. The molecule has 0 fully saturated rings. The summed E-state index contributed by atoms with van der Waals surface area (Å²) >= 11 is 0. The zero-order valence-electron chi connectivity index (χ0n) is 62.0. The molecular formula is C76H148O17P2. The number of carbonyl (C=O) groups excluding carboxylic acids is 4. The van der Waals surface area contributed by atoms with Crippen molar-refractivity contribution in [2.24, 2.45) is 11.8 Å². The van der Waals surface area contributed by atoms with E-state index in [0.717, 1.165) is 102 Å². The average Bonchev–Trinajstić information content (AvgIpc) is 2.14. The van der Waals surface area contributed by atoms with Crippen molar-refractivity contribution in [3.05, 3.63) is 0 Å². The smallest absolute Gasteiger partial charge is 0.462 e. The summed E-state index contributed by atoms with van der Waals surface area (Å²) in [5.41, 5.74) is 0. The molecule has 0 aliphatic carbocycles. The molecule has 3 N–H and O–H groups in total. The fourth-order valence-corrected chi connectivity index (χ4v) is 13.2. The Morgan fingerprint density at radius 2 is 0.484 bits per heavy atom. The Balaban J connectivity index is 5.24. The molecule has 0 aromatic rings. The van der Waals surface area contributed by atoms with E-state index in [1.165, 1.54) is 212 Å². The zero-order valence-corrected chi connectivity index (χ0v) is 63.8. The molecule has 0 saturated heterocycles. The Hall–Kier alpha value is -1.94. The summed E-state index contributed by atoms with van der Waals surface area (Å²) in [5.74, 6) is -0.527. The number of hydrogen-bond acceptors (Lipinski definition) is 15. The molecule has 0 aromatic carbocycles. The summed E-state index contributed by atoms with van der Waals surface area (Å²) in [7, 11) is -9.91. The van der Waals surface area contributed by atoms with E-state index in [4.69, 9.17) is 37.0 Å². The molecule has 0 rings (SSSR count). The van der Waals surface area contributed by atoms with E-state index >= 15 is 0 Å². The summed E-state index contributed by atoms with van der Waals surface area (Å²) in [6.07, 6.45) is 55.3. The minimum atomic E-state index is -4.96. The highest BCUT2D eigenvalue weighted by molar-refractivity contribution is 7.47. The molecular weight excluding hydrogens is 1250 g/mol. The van der Waals surface area contributed by atoms with Crippen molar-refractivity contribution in [1.29, 1.82) is 0 Å². The second-order valence-electron chi connectivity index (χ2n) is 28.3. The van der Waals surface area contributed by atoms with Gasteiger partial charge in [-0.2, -0.15) is 0 Å². The van der Waals surface area contributed by atoms with Gasteiger partial charge in [0.1, 0.15) is 19.3 Å². The van der Waals surface area contributed by atoms with Crippen molar-refractivity contribution in [3.8, 4) is 0 Å². The third-order valence-corrected chi connectivity index (χ3v) is 19.6. The number of aliphatic hydroxyl groups is 1. The Morgan fingerprint density at radius 1 is 0.284 bits per heavy atom. The number of phosphoric acid groups is 2. The normalized spacial score (nSPS) is 14.0. The lowest BCUT2D eigenvalue weighted by Crippen LogP contribution is -2.30. The summed E-state index contributed by atoms with van der Waals surface area (Å²) in [6.45, 7) is 9.63. The zero-order chi connectivity index (χ0) is 70.0. The van der Waals surface area contributed by atoms with Crippen LogP contribution in [0.4, 0.5) is 0 Å². The van der Waals surface area contributed by atoms with Gasteiger partial charge in [0.2, 0.25) is 0 Å². The van der Waals surface area contributed by atoms with Gasteiger partial charge in [-0.3, -0.25) is 37.3 Å². The van der Waals surface area contributed by atoms with Crippen LogP contribution in [0.1, 0.15) is 395 Å². The first-order chi connectivity index (χ1) is 45.9. The van der Waals surface area contributed by atoms with Crippen molar-refractivity contribution in [2.45, 2.75) is 413 Å². The third kappa shape index (κ3) is 70.3. The number of rotatable bonds is 75. The summed E-state index contributed by atoms with van der Waals surface area (Å²) in [4.78, 5) is 72.8. The molecule has 5 atom stereocenters. The van der Waals surface area contributed by atoms with Gasteiger partial charge in [0, 0.05) is 25.7 Å². The molecule has 0 aliphatic rings. The van der Waals surface area contributed by atoms with E-state index in [-0.39, 0.29) is 25.7 Å². The fourth-order valence-electron chi connectivity index (χ4n) is 11.7. The van der Waals surface area contributed by atoms with Crippen molar-refractivity contribution < 1.29 is 80.2 Å². The monoisotopic (exact) mass is 1400 g/mol. The fraction of sp³-hybridized carbons (Fsp3) is 0.947. The SMILES string of the molecule is CCCCCCCCCCCCCC(=O)OC[C@H](COP(=O)(O)OC[C@H](O)COP(=O)(O)OC[C@@H](COC(=O)CCCCCCCCCCCCCCCC(C)C)OC(=O)CCCCCCCCCCCCCCCCC(C)C)OC(=O)CCCCCCCCCCCCC. The Labute approximate surface area is 581 Å². The van der Waals surface area contributed by atoms with Gasteiger partial charge in [-0.15, -0.1) is 0 Å². The highest BCUT2D eigenvalue weighted by atomic mass is 31.2. The maximum atomic E-state index is 13.1. The molecule has 0 spiro atoms. The van der Waals surface area contributed by atoms with E-state index in [9.17, 15) is 43.2 Å². The van der Waals surface area contributed by atoms with Crippen LogP contribution >= 0.6 is 15.6 Å². The number of carbonyl (C=O) groups is 4. The van der Waals surface area contributed by atoms with Crippen molar-refractivity contribution in [3.63, 3.8) is 0 Å². The number of unbranched alkanes of at least 4 members (excludes halogenated alkanes) is 45. The van der Waals surface area contributed by atoms with Crippen molar-refractivity contribution in [1.82, 2.24) is 0 Å². The maximum Gasteiger partial charge on any atom is 0.472 e. The van der Waals surface area contributed by atoms with E-state index < -0.39 is 97.5 Å².